The second-order valence-corrected chi connectivity index (χ2v) is 7.70. The zero-order valence-electron chi connectivity index (χ0n) is 16.9. The number of piperidine rings is 1. The van der Waals surface area contributed by atoms with Crippen molar-refractivity contribution in [2.75, 3.05) is 17.6 Å². The zero-order valence-corrected chi connectivity index (χ0v) is 16.9. The van der Waals surface area contributed by atoms with Gasteiger partial charge in [0.2, 0.25) is 0 Å². The van der Waals surface area contributed by atoms with Crippen molar-refractivity contribution in [3.63, 3.8) is 0 Å². The monoisotopic (exact) mass is 408 g/mol. The van der Waals surface area contributed by atoms with Gasteiger partial charge in [-0.05, 0) is 37.3 Å². The number of likely N-dealkylation sites (tertiary alicyclic amines) is 1. The van der Waals surface area contributed by atoms with E-state index in [0.29, 0.717) is 24.0 Å². The van der Waals surface area contributed by atoms with Crippen LogP contribution in [0.4, 0.5) is 11.5 Å². The second kappa shape index (κ2) is 7.97. The number of aromatic amines is 1. The Morgan fingerprint density at radius 2 is 2.13 bits per heavy atom. The van der Waals surface area contributed by atoms with Crippen molar-refractivity contribution >= 4 is 23.3 Å². The van der Waals surface area contributed by atoms with Crippen molar-refractivity contribution in [3.05, 3.63) is 48.0 Å². The molecule has 4 heterocycles. The van der Waals surface area contributed by atoms with Crippen molar-refractivity contribution in [1.82, 2.24) is 29.9 Å². The number of amides is 2. The molecule has 0 saturated carbocycles. The Morgan fingerprint density at radius 1 is 1.30 bits per heavy atom. The quantitative estimate of drug-likeness (QED) is 0.566. The molecular weight excluding hydrogens is 384 g/mol. The summed E-state index contributed by atoms with van der Waals surface area (Å²) in [4.78, 5) is 31.4. The number of anilines is 2. The van der Waals surface area contributed by atoms with E-state index in [1.807, 2.05) is 6.20 Å². The van der Waals surface area contributed by atoms with E-state index in [1.54, 1.807) is 41.0 Å². The maximum atomic E-state index is 13.0. The molecule has 1 fully saturated rings. The van der Waals surface area contributed by atoms with Gasteiger partial charge in [-0.25, -0.2) is 9.67 Å². The molecule has 10 nitrogen and oxygen atoms in total. The third kappa shape index (κ3) is 3.88. The molecule has 2 amide bonds. The lowest BCUT2D eigenvalue weighted by molar-refractivity contribution is -0.146. The molecule has 30 heavy (non-hydrogen) atoms. The van der Waals surface area contributed by atoms with Crippen LogP contribution >= 0.6 is 0 Å². The molecule has 0 aliphatic carbocycles. The van der Waals surface area contributed by atoms with Gasteiger partial charge in [-0.2, -0.15) is 10.2 Å². The summed E-state index contributed by atoms with van der Waals surface area (Å²) in [6, 6.07) is 3.28. The number of nitrogens with two attached hydrogens (primary N) is 1. The van der Waals surface area contributed by atoms with E-state index in [1.165, 1.54) is 6.20 Å². The molecule has 1 aliphatic rings. The minimum Gasteiger partial charge on any atom is -0.383 e. The molecule has 4 N–H and O–H groups in total. The Labute approximate surface area is 173 Å². The number of nitrogen functional groups attached to an aromatic ring is 1. The van der Waals surface area contributed by atoms with Crippen molar-refractivity contribution in [3.8, 4) is 5.82 Å². The van der Waals surface area contributed by atoms with E-state index < -0.39 is 11.8 Å². The number of carbonyl (C=O) groups is 2. The number of H-pyrrole nitrogens is 1. The molecule has 0 unspecified atom stereocenters. The van der Waals surface area contributed by atoms with Gasteiger partial charge in [0.25, 0.3) is 0 Å². The third-order valence-corrected chi connectivity index (χ3v) is 5.37. The molecule has 0 spiro atoms. The zero-order chi connectivity index (χ0) is 21.3. The lowest BCUT2D eigenvalue weighted by Crippen LogP contribution is -2.46. The van der Waals surface area contributed by atoms with Gasteiger partial charge < -0.3 is 16.0 Å². The summed E-state index contributed by atoms with van der Waals surface area (Å²) in [5, 5.41) is 13.8. The van der Waals surface area contributed by atoms with E-state index in [0.717, 1.165) is 29.8 Å². The lowest BCUT2D eigenvalue weighted by atomic mass is 9.91. The summed E-state index contributed by atoms with van der Waals surface area (Å²) in [6.07, 6.45) is 8.40. The first-order chi connectivity index (χ1) is 14.4. The summed E-state index contributed by atoms with van der Waals surface area (Å²) >= 11 is 0. The summed E-state index contributed by atoms with van der Waals surface area (Å²) < 4.78 is 1.67. The standard InChI is InChI=1S/C20H24N8O2/c1-12-3-4-16(14-8-24-28(11-14)17-5-6-23-26-17)27(10-12)20(30)19(29)25-15-7-13(2)18(21)22-9-15/h5-9,11-12,16H,3-4,10H2,1-2H3,(H2,21,22)(H,23,26)(H,25,29)/t12-,16+/m0/s1. The first-order valence-electron chi connectivity index (χ1n) is 9.80. The van der Waals surface area contributed by atoms with Crippen LogP contribution in [0.1, 0.15) is 36.9 Å². The highest BCUT2D eigenvalue weighted by molar-refractivity contribution is 6.39. The van der Waals surface area contributed by atoms with Gasteiger partial charge in [0.05, 0.1) is 30.3 Å². The number of carbonyl (C=O) groups excluding carboxylic acids is 2. The Kier molecular flexibility index (Phi) is 5.21. The van der Waals surface area contributed by atoms with Crippen molar-refractivity contribution in [2.24, 2.45) is 5.92 Å². The Balaban J connectivity index is 1.54. The fourth-order valence-electron chi connectivity index (χ4n) is 3.71. The van der Waals surface area contributed by atoms with Crippen LogP contribution in [0.15, 0.2) is 36.9 Å². The van der Waals surface area contributed by atoms with Gasteiger partial charge in [-0.1, -0.05) is 6.92 Å². The van der Waals surface area contributed by atoms with Crippen molar-refractivity contribution in [1.29, 1.82) is 0 Å². The molecule has 156 valence electrons. The number of pyridine rings is 1. The fourth-order valence-corrected chi connectivity index (χ4v) is 3.71. The predicted molar refractivity (Wildman–Crippen MR) is 111 cm³/mol. The largest absolute Gasteiger partial charge is 0.383 e. The molecule has 1 saturated heterocycles. The van der Waals surface area contributed by atoms with E-state index in [2.05, 4.69) is 32.5 Å². The first kappa shape index (κ1) is 19.6. The minimum atomic E-state index is -0.693. The molecule has 3 aromatic heterocycles. The molecule has 1 aliphatic heterocycles. The van der Waals surface area contributed by atoms with E-state index in [-0.39, 0.29) is 6.04 Å². The van der Waals surface area contributed by atoms with Crippen LogP contribution < -0.4 is 11.1 Å². The Morgan fingerprint density at radius 3 is 2.87 bits per heavy atom. The van der Waals surface area contributed by atoms with Gasteiger partial charge in [-0.3, -0.25) is 14.7 Å². The number of rotatable bonds is 3. The first-order valence-corrected chi connectivity index (χ1v) is 9.80. The molecule has 4 rings (SSSR count). The number of hydrogen-bond acceptors (Lipinski definition) is 6. The molecule has 3 aromatic rings. The third-order valence-electron chi connectivity index (χ3n) is 5.37. The summed E-state index contributed by atoms with van der Waals surface area (Å²) in [5.41, 5.74) is 7.77. The highest BCUT2D eigenvalue weighted by Crippen LogP contribution is 2.33. The highest BCUT2D eigenvalue weighted by atomic mass is 16.2. The molecule has 0 aromatic carbocycles. The number of nitrogens with zero attached hydrogens (tertiary/aromatic N) is 5. The fraction of sp³-hybridized carbons (Fsp3) is 0.350. The van der Waals surface area contributed by atoms with Crippen LogP contribution in [0.25, 0.3) is 5.82 Å². The summed E-state index contributed by atoms with van der Waals surface area (Å²) in [5.74, 6) is 0.156. The highest BCUT2D eigenvalue weighted by Gasteiger charge is 2.35. The summed E-state index contributed by atoms with van der Waals surface area (Å²) in [6.45, 7) is 4.38. The second-order valence-electron chi connectivity index (χ2n) is 7.70. The molecule has 2 atom stereocenters. The molecular formula is C20H24N8O2. The smallest absolute Gasteiger partial charge is 0.313 e. The van der Waals surface area contributed by atoms with Crippen LogP contribution in [0, 0.1) is 12.8 Å². The molecule has 0 bridgehead atoms. The molecule has 10 heteroatoms. The van der Waals surface area contributed by atoms with Crippen LogP contribution in [0.5, 0.6) is 0 Å². The van der Waals surface area contributed by atoms with E-state index in [9.17, 15) is 9.59 Å². The summed E-state index contributed by atoms with van der Waals surface area (Å²) in [7, 11) is 0. The van der Waals surface area contributed by atoms with Gasteiger partial charge in [0.1, 0.15) is 11.6 Å². The maximum absolute atomic E-state index is 13.0. The predicted octanol–water partition coefficient (Wildman–Crippen LogP) is 1.82. The van der Waals surface area contributed by atoms with Crippen LogP contribution in [0.3, 0.4) is 0 Å². The van der Waals surface area contributed by atoms with E-state index in [4.69, 9.17) is 5.73 Å². The van der Waals surface area contributed by atoms with Gasteiger partial charge >= 0.3 is 11.8 Å². The lowest BCUT2D eigenvalue weighted by Gasteiger charge is -2.37. The SMILES string of the molecule is Cc1cc(NC(=O)C(=O)N2C[C@@H](C)CC[C@@H]2c2cnn(-c3ccn[nH]3)c2)cnc1N. The van der Waals surface area contributed by atoms with Crippen molar-refractivity contribution < 1.29 is 9.59 Å². The average Bonchev–Trinajstić information content (AvgIpc) is 3.42. The van der Waals surface area contributed by atoms with Gasteiger partial charge in [-0.15, -0.1) is 0 Å². The Hall–Kier alpha value is -3.69. The number of aromatic nitrogens is 5. The topological polar surface area (TPSA) is 135 Å². The average molecular weight is 408 g/mol. The Bertz CT molecular complexity index is 1060. The maximum Gasteiger partial charge on any atom is 0.313 e. The number of aryl methyl sites for hydroxylation is 1. The van der Waals surface area contributed by atoms with E-state index >= 15 is 0 Å². The normalized spacial score (nSPS) is 18.9. The van der Waals surface area contributed by atoms with Gasteiger partial charge in [0, 0.05) is 24.4 Å². The van der Waals surface area contributed by atoms with Gasteiger partial charge in [0.15, 0.2) is 0 Å². The van der Waals surface area contributed by atoms with Crippen LogP contribution in [-0.4, -0.2) is 48.2 Å². The molecule has 0 radical (unpaired) electrons. The number of nitrogens with one attached hydrogen (secondary N) is 2. The number of hydrogen-bond donors (Lipinski definition) is 3. The van der Waals surface area contributed by atoms with Crippen LogP contribution in [0.2, 0.25) is 0 Å². The van der Waals surface area contributed by atoms with Crippen LogP contribution in [-0.2, 0) is 9.59 Å². The van der Waals surface area contributed by atoms with Crippen molar-refractivity contribution in [2.45, 2.75) is 32.7 Å². The minimum absolute atomic E-state index is 0.220.